The fourth-order valence-electron chi connectivity index (χ4n) is 3.10. The van der Waals surface area contributed by atoms with Gasteiger partial charge < -0.3 is 0 Å². The Bertz CT molecular complexity index is 250. The number of halogens is 5. The van der Waals surface area contributed by atoms with Crippen LogP contribution in [0.25, 0.3) is 0 Å². The maximum atomic E-state index is 12.5. The van der Waals surface area contributed by atoms with E-state index in [1.165, 1.54) is 0 Å². The molecule has 0 saturated heterocycles. The van der Waals surface area contributed by atoms with E-state index in [9.17, 15) is 22.0 Å². The van der Waals surface area contributed by atoms with Crippen molar-refractivity contribution in [3.05, 3.63) is 0 Å². The first kappa shape index (κ1) is 13.7. The first-order valence-electron chi connectivity index (χ1n) is 5.52. The van der Waals surface area contributed by atoms with E-state index in [0.29, 0.717) is 0 Å². The molecule has 0 aromatic rings. The third kappa shape index (κ3) is 2.05. The summed E-state index contributed by atoms with van der Waals surface area (Å²) < 4.78 is 62.2. The van der Waals surface area contributed by atoms with Crippen molar-refractivity contribution in [3.8, 4) is 0 Å². The molecule has 0 radical (unpaired) electrons. The molecule has 2 fully saturated rings. The lowest BCUT2D eigenvalue weighted by molar-refractivity contribution is -0.317. The van der Waals surface area contributed by atoms with Gasteiger partial charge in [-0.25, -0.2) is 8.78 Å². The molecule has 0 heterocycles. The van der Waals surface area contributed by atoms with Crippen LogP contribution >= 0.6 is 0 Å². The molecule has 16 heavy (non-hydrogen) atoms. The Morgan fingerprint density at radius 2 is 1.25 bits per heavy atom. The van der Waals surface area contributed by atoms with E-state index in [4.69, 9.17) is 0 Å². The van der Waals surface area contributed by atoms with Gasteiger partial charge in [-0.1, -0.05) is 20.8 Å². The predicted octanol–water partition coefficient (Wildman–Crippen LogP) is 4.79. The smallest absolute Gasteiger partial charge is 0.207 e. The van der Waals surface area contributed by atoms with Crippen LogP contribution in [0.3, 0.4) is 0 Å². The first-order valence-corrected chi connectivity index (χ1v) is 5.52. The van der Waals surface area contributed by atoms with E-state index in [1.807, 2.05) is 13.8 Å². The van der Waals surface area contributed by atoms with E-state index in [1.54, 1.807) is 0 Å². The lowest BCUT2D eigenvalue weighted by atomic mass is 9.44. The molecule has 0 nitrogen and oxygen atoms in total. The van der Waals surface area contributed by atoms with Crippen LogP contribution in [-0.4, -0.2) is 12.1 Å². The Morgan fingerprint density at radius 3 is 1.50 bits per heavy atom. The second kappa shape index (κ2) is 3.57. The third-order valence-corrected chi connectivity index (χ3v) is 3.48. The highest BCUT2D eigenvalue weighted by Crippen LogP contribution is 2.72. The van der Waals surface area contributed by atoms with E-state index in [2.05, 4.69) is 0 Å². The maximum absolute atomic E-state index is 12.5. The molecule has 2 saturated carbocycles. The van der Waals surface area contributed by atoms with Crippen LogP contribution in [0.15, 0.2) is 0 Å². The molecule has 0 amide bonds. The lowest BCUT2D eigenvalue weighted by Gasteiger charge is -2.62. The van der Waals surface area contributed by atoms with Gasteiger partial charge in [0.1, 0.15) is 0 Å². The second-order valence-corrected chi connectivity index (χ2v) is 5.12. The van der Waals surface area contributed by atoms with E-state index < -0.39 is 22.9 Å². The highest BCUT2D eigenvalue weighted by Gasteiger charge is 2.71. The molecule has 0 atom stereocenters. The molecule has 2 aliphatic rings. The van der Waals surface area contributed by atoms with Crippen molar-refractivity contribution in [2.45, 2.75) is 58.6 Å². The molecule has 2 rings (SSSR count). The van der Waals surface area contributed by atoms with Crippen molar-refractivity contribution < 1.29 is 22.0 Å². The van der Waals surface area contributed by atoms with Gasteiger partial charge in [0.25, 0.3) is 0 Å². The number of alkyl halides is 5. The fraction of sp³-hybridized carbons (Fsp3) is 1.00. The van der Waals surface area contributed by atoms with E-state index in [-0.39, 0.29) is 25.7 Å². The lowest BCUT2D eigenvalue weighted by Crippen LogP contribution is -2.61. The number of hydrogen-bond acceptors (Lipinski definition) is 0. The maximum Gasteiger partial charge on any atom is 0.394 e. The van der Waals surface area contributed by atoms with Gasteiger partial charge >= 0.3 is 6.18 Å². The van der Waals surface area contributed by atoms with Gasteiger partial charge in [-0.2, -0.15) is 13.2 Å². The molecule has 0 aromatic carbocycles. The summed E-state index contributed by atoms with van der Waals surface area (Å²) in [6, 6.07) is 0. The summed E-state index contributed by atoms with van der Waals surface area (Å²) >= 11 is 0. The Balaban J connectivity index is 0.000000606. The third-order valence-electron chi connectivity index (χ3n) is 3.48. The molecule has 0 unspecified atom stereocenters. The van der Waals surface area contributed by atoms with Crippen molar-refractivity contribution in [2.24, 2.45) is 10.8 Å². The average Bonchev–Trinajstić information content (AvgIpc) is 1.99. The number of hydrogen-bond donors (Lipinski definition) is 0. The Morgan fingerprint density at radius 1 is 0.875 bits per heavy atom. The van der Waals surface area contributed by atoms with E-state index >= 15 is 0 Å². The molecule has 0 aliphatic heterocycles. The minimum absolute atomic E-state index is 0.126. The van der Waals surface area contributed by atoms with Crippen LogP contribution in [0.4, 0.5) is 22.0 Å². The van der Waals surface area contributed by atoms with E-state index in [0.717, 1.165) is 6.92 Å². The Labute approximate surface area is 92.2 Å². The molecule has 1 spiro atoms. The SMILES string of the molecule is CC.CC1(C(F)(F)F)CC2(CC(F)(F)C2)C1. The van der Waals surface area contributed by atoms with Crippen LogP contribution < -0.4 is 0 Å². The van der Waals surface area contributed by atoms with Crippen molar-refractivity contribution in [1.29, 1.82) is 0 Å². The number of rotatable bonds is 0. The zero-order chi connectivity index (χ0) is 12.8. The summed E-state index contributed by atoms with van der Waals surface area (Å²) in [5, 5.41) is 0. The highest BCUT2D eigenvalue weighted by molar-refractivity contribution is 5.12. The molecule has 0 N–H and O–H groups in total. The first-order chi connectivity index (χ1) is 7.08. The Hall–Kier alpha value is -0.350. The van der Waals surface area contributed by atoms with Gasteiger partial charge in [0.2, 0.25) is 5.92 Å². The van der Waals surface area contributed by atoms with Crippen LogP contribution in [0, 0.1) is 10.8 Å². The topological polar surface area (TPSA) is 0 Å². The summed E-state index contributed by atoms with van der Waals surface area (Å²) in [7, 11) is 0. The summed E-state index contributed by atoms with van der Waals surface area (Å²) in [6.45, 7) is 5.12. The normalized spacial score (nSPS) is 28.5. The summed E-state index contributed by atoms with van der Waals surface area (Å²) in [6.07, 6.45) is -5.21. The monoisotopic (exact) mass is 244 g/mol. The van der Waals surface area contributed by atoms with Crippen LogP contribution in [0.5, 0.6) is 0 Å². The molecular weight excluding hydrogens is 227 g/mol. The van der Waals surface area contributed by atoms with Crippen LogP contribution in [0.2, 0.25) is 0 Å². The van der Waals surface area contributed by atoms with Gasteiger partial charge in [0.05, 0.1) is 5.41 Å². The minimum Gasteiger partial charge on any atom is -0.207 e. The van der Waals surface area contributed by atoms with Gasteiger partial charge in [0.15, 0.2) is 0 Å². The average molecular weight is 244 g/mol. The molecular formula is C11H17F5. The summed E-state index contributed by atoms with van der Waals surface area (Å²) in [5.41, 5.74) is -2.42. The molecule has 0 bridgehead atoms. The van der Waals surface area contributed by atoms with Gasteiger partial charge in [-0.3, -0.25) is 0 Å². The summed E-state index contributed by atoms with van der Waals surface area (Å²) in [5.74, 6) is -2.72. The van der Waals surface area contributed by atoms with Crippen molar-refractivity contribution in [3.63, 3.8) is 0 Å². The molecule has 5 heteroatoms. The quantitative estimate of drug-likeness (QED) is 0.537. The highest BCUT2D eigenvalue weighted by atomic mass is 19.4. The zero-order valence-electron chi connectivity index (χ0n) is 9.72. The van der Waals surface area contributed by atoms with Crippen molar-refractivity contribution in [2.75, 3.05) is 0 Å². The molecule has 2 aliphatic carbocycles. The molecule has 0 aromatic heterocycles. The minimum atomic E-state index is -4.25. The predicted molar refractivity (Wildman–Crippen MR) is 51.4 cm³/mol. The van der Waals surface area contributed by atoms with Gasteiger partial charge in [-0.15, -0.1) is 0 Å². The molecule has 96 valence electrons. The second-order valence-electron chi connectivity index (χ2n) is 5.12. The summed E-state index contributed by atoms with van der Waals surface area (Å²) in [4.78, 5) is 0. The zero-order valence-corrected chi connectivity index (χ0v) is 9.72. The van der Waals surface area contributed by atoms with Gasteiger partial charge in [0, 0.05) is 12.8 Å². The van der Waals surface area contributed by atoms with Crippen molar-refractivity contribution in [1.82, 2.24) is 0 Å². The Kier molecular flexibility index (Phi) is 3.06. The standard InChI is InChI=1S/C9H11F5.C2H6/c1-6(9(12,13)14)2-7(3-6)4-8(10,11)5-7;1-2/h2-5H2,1H3;1-2H3. The van der Waals surface area contributed by atoms with Crippen LogP contribution in [0.1, 0.15) is 46.5 Å². The largest absolute Gasteiger partial charge is 0.394 e. The van der Waals surface area contributed by atoms with Crippen molar-refractivity contribution >= 4 is 0 Å². The van der Waals surface area contributed by atoms with Crippen LogP contribution in [-0.2, 0) is 0 Å². The van der Waals surface area contributed by atoms with Gasteiger partial charge in [-0.05, 0) is 18.3 Å². The fourth-order valence-corrected chi connectivity index (χ4v) is 3.10.